The molecular formula is C17H24N2O4S. The first-order valence-electron chi connectivity index (χ1n) is 8.29. The van der Waals surface area contributed by atoms with E-state index in [-0.39, 0.29) is 17.4 Å². The Morgan fingerprint density at radius 2 is 1.88 bits per heavy atom. The summed E-state index contributed by atoms with van der Waals surface area (Å²) in [5, 5.41) is 0. The number of ether oxygens (including phenoxy) is 1. The van der Waals surface area contributed by atoms with Crippen LogP contribution in [0.15, 0.2) is 30.3 Å². The first kappa shape index (κ1) is 17.4. The lowest BCUT2D eigenvalue weighted by atomic mass is 9.69. The van der Waals surface area contributed by atoms with Gasteiger partial charge in [-0.3, -0.25) is 4.79 Å². The van der Waals surface area contributed by atoms with E-state index in [1.165, 1.54) is 6.26 Å². The van der Waals surface area contributed by atoms with Gasteiger partial charge in [0.05, 0.1) is 18.9 Å². The van der Waals surface area contributed by atoms with E-state index >= 15 is 0 Å². The van der Waals surface area contributed by atoms with Gasteiger partial charge in [0.1, 0.15) is 0 Å². The van der Waals surface area contributed by atoms with Crippen LogP contribution in [-0.4, -0.2) is 57.8 Å². The molecule has 6 nitrogen and oxygen atoms in total. The number of carbonyl (C=O) groups excluding carboxylic acids is 1. The van der Waals surface area contributed by atoms with Crippen LogP contribution in [0.4, 0.5) is 0 Å². The largest absolute Gasteiger partial charge is 0.380 e. The molecule has 2 fully saturated rings. The van der Waals surface area contributed by atoms with Crippen molar-refractivity contribution in [1.82, 2.24) is 9.62 Å². The number of rotatable bonds is 3. The van der Waals surface area contributed by atoms with Crippen LogP contribution in [0.2, 0.25) is 0 Å². The Balaban J connectivity index is 1.69. The number of hydrogen-bond acceptors (Lipinski definition) is 4. The second-order valence-corrected chi connectivity index (χ2v) is 8.57. The minimum absolute atomic E-state index is 0.0464. The molecule has 0 aliphatic carbocycles. The molecule has 7 heteroatoms. The smallest absolute Gasteiger partial charge is 0.253 e. The standard InChI is InChI=1S/C17H24N2O4S/c1-24(21,22)18-15-13-23-12-9-17(15)7-10-19(11-8-17)16(20)14-5-3-2-4-6-14/h2-6,15,18H,7-13H2,1H3/t15-/m0/s1. The fourth-order valence-corrected chi connectivity index (χ4v) is 4.60. The van der Waals surface area contributed by atoms with E-state index in [1.54, 1.807) is 0 Å². The predicted octanol–water partition coefficient (Wildman–Crippen LogP) is 1.25. The number of carbonyl (C=O) groups is 1. The summed E-state index contributed by atoms with van der Waals surface area (Å²) in [4.78, 5) is 14.4. The summed E-state index contributed by atoms with van der Waals surface area (Å²) in [6.07, 6.45) is 3.60. The molecule has 24 heavy (non-hydrogen) atoms. The minimum atomic E-state index is -3.28. The molecule has 1 amide bonds. The van der Waals surface area contributed by atoms with Crippen LogP contribution < -0.4 is 4.72 Å². The Labute approximate surface area is 143 Å². The van der Waals surface area contributed by atoms with Gasteiger partial charge in [-0.25, -0.2) is 13.1 Å². The molecule has 2 saturated heterocycles. The van der Waals surface area contributed by atoms with Gasteiger partial charge in [0.25, 0.3) is 5.91 Å². The number of piperidine rings is 1. The summed E-state index contributed by atoms with van der Waals surface area (Å²) < 4.78 is 31.5. The summed E-state index contributed by atoms with van der Waals surface area (Å²) in [6, 6.07) is 9.07. The predicted molar refractivity (Wildman–Crippen MR) is 91.2 cm³/mol. The molecule has 3 rings (SSSR count). The normalized spacial score (nSPS) is 24.0. The van der Waals surface area contributed by atoms with Gasteiger partial charge in [-0.15, -0.1) is 0 Å². The highest BCUT2D eigenvalue weighted by molar-refractivity contribution is 7.88. The monoisotopic (exact) mass is 352 g/mol. The number of amides is 1. The molecule has 2 aliphatic heterocycles. The summed E-state index contributed by atoms with van der Waals surface area (Å²) in [5.74, 6) is 0.0464. The third-order valence-electron chi connectivity index (χ3n) is 5.19. The highest BCUT2D eigenvalue weighted by Gasteiger charge is 2.45. The second-order valence-electron chi connectivity index (χ2n) is 6.79. The molecular weight excluding hydrogens is 328 g/mol. The Hall–Kier alpha value is -1.44. The van der Waals surface area contributed by atoms with Gasteiger partial charge in [0.2, 0.25) is 10.0 Å². The Morgan fingerprint density at radius 1 is 1.21 bits per heavy atom. The average molecular weight is 352 g/mol. The molecule has 0 aromatic heterocycles. The van der Waals surface area contributed by atoms with Gasteiger partial charge >= 0.3 is 0 Å². The molecule has 1 spiro atoms. The van der Waals surface area contributed by atoms with E-state index in [0.717, 1.165) is 19.3 Å². The lowest BCUT2D eigenvalue weighted by Gasteiger charge is -2.48. The third-order valence-corrected chi connectivity index (χ3v) is 5.90. The minimum Gasteiger partial charge on any atom is -0.380 e. The first-order chi connectivity index (χ1) is 11.4. The quantitative estimate of drug-likeness (QED) is 0.888. The zero-order valence-electron chi connectivity index (χ0n) is 13.9. The Bertz CT molecular complexity index is 682. The summed E-state index contributed by atoms with van der Waals surface area (Å²) in [7, 11) is -3.28. The maximum atomic E-state index is 12.6. The van der Waals surface area contributed by atoms with E-state index in [1.807, 2.05) is 35.2 Å². The van der Waals surface area contributed by atoms with E-state index in [0.29, 0.717) is 31.9 Å². The Morgan fingerprint density at radius 3 is 2.50 bits per heavy atom. The van der Waals surface area contributed by atoms with Crippen molar-refractivity contribution in [1.29, 1.82) is 0 Å². The molecule has 1 aromatic carbocycles. The fourth-order valence-electron chi connectivity index (χ4n) is 3.76. The molecule has 2 aliphatic rings. The number of likely N-dealkylation sites (tertiary alicyclic amines) is 1. The fraction of sp³-hybridized carbons (Fsp3) is 0.588. The number of sulfonamides is 1. The van der Waals surface area contributed by atoms with Crippen LogP contribution in [0.1, 0.15) is 29.6 Å². The molecule has 2 heterocycles. The molecule has 132 valence electrons. The summed E-state index contributed by atoms with van der Waals surface area (Å²) in [6.45, 7) is 2.35. The van der Waals surface area contributed by atoms with Crippen molar-refractivity contribution in [2.45, 2.75) is 25.3 Å². The first-order valence-corrected chi connectivity index (χ1v) is 10.2. The van der Waals surface area contributed by atoms with Crippen LogP contribution in [0.25, 0.3) is 0 Å². The number of hydrogen-bond donors (Lipinski definition) is 1. The van der Waals surface area contributed by atoms with Crippen molar-refractivity contribution >= 4 is 15.9 Å². The lowest BCUT2D eigenvalue weighted by Crippen LogP contribution is -2.57. The number of nitrogens with one attached hydrogen (secondary N) is 1. The van der Waals surface area contributed by atoms with Gasteiger partial charge in [0, 0.05) is 25.3 Å². The molecule has 1 N–H and O–H groups in total. The van der Waals surface area contributed by atoms with Crippen molar-refractivity contribution in [2.24, 2.45) is 5.41 Å². The molecule has 0 bridgehead atoms. The highest BCUT2D eigenvalue weighted by Crippen LogP contribution is 2.41. The maximum absolute atomic E-state index is 12.6. The van der Waals surface area contributed by atoms with Crippen LogP contribution in [0.3, 0.4) is 0 Å². The van der Waals surface area contributed by atoms with E-state index < -0.39 is 10.0 Å². The molecule has 0 unspecified atom stereocenters. The van der Waals surface area contributed by atoms with Crippen LogP contribution >= 0.6 is 0 Å². The Kier molecular flexibility index (Phi) is 4.94. The topological polar surface area (TPSA) is 75.7 Å². The third kappa shape index (κ3) is 3.79. The molecule has 1 atom stereocenters. The van der Waals surface area contributed by atoms with Crippen molar-refractivity contribution in [3.63, 3.8) is 0 Å². The highest BCUT2D eigenvalue weighted by atomic mass is 32.2. The average Bonchev–Trinajstić information content (AvgIpc) is 2.57. The van der Waals surface area contributed by atoms with Gasteiger partial charge in [-0.05, 0) is 36.8 Å². The van der Waals surface area contributed by atoms with E-state index in [2.05, 4.69) is 4.72 Å². The number of nitrogens with zero attached hydrogens (tertiary/aromatic N) is 1. The molecule has 0 radical (unpaired) electrons. The zero-order valence-corrected chi connectivity index (χ0v) is 14.7. The molecule has 1 aromatic rings. The number of benzene rings is 1. The lowest BCUT2D eigenvalue weighted by molar-refractivity contribution is -0.0400. The van der Waals surface area contributed by atoms with Crippen LogP contribution in [0.5, 0.6) is 0 Å². The van der Waals surface area contributed by atoms with Crippen molar-refractivity contribution < 1.29 is 17.9 Å². The van der Waals surface area contributed by atoms with Crippen molar-refractivity contribution in [3.05, 3.63) is 35.9 Å². The summed E-state index contributed by atoms with van der Waals surface area (Å²) in [5.41, 5.74) is 0.584. The van der Waals surface area contributed by atoms with Gasteiger partial charge < -0.3 is 9.64 Å². The SMILES string of the molecule is CS(=O)(=O)N[C@H]1COCCC12CCN(C(=O)c1ccccc1)CC2. The zero-order chi connectivity index (χ0) is 17.2. The molecule has 0 saturated carbocycles. The van der Waals surface area contributed by atoms with Gasteiger partial charge in [0.15, 0.2) is 0 Å². The van der Waals surface area contributed by atoms with Crippen molar-refractivity contribution in [2.75, 3.05) is 32.6 Å². The van der Waals surface area contributed by atoms with Crippen molar-refractivity contribution in [3.8, 4) is 0 Å². The van der Waals surface area contributed by atoms with Gasteiger partial charge in [-0.2, -0.15) is 0 Å². The van der Waals surface area contributed by atoms with E-state index in [4.69, 9.17) is 4.74 Å². The van der Waals surface area contributed by atoms with Crippen LogP contribution in [0, 0.1) is 5.41 Å². The summed E-state index contributed by atoms with van der Waals surface area (Å²) >= 11 is 0. The second kappa shape index (κ2) is 6.82. The van der Waals surface area contributed by atoms with Crippen LogP contribution in [-0.2, 0) is 14.8 Å². The van der Waals surface area contributed by atoms with E-state index in [9.17, 15) is 13.2 Å². The maximum Gasteiger partial charge on any atom is 0.253 e. The van der Waals surface area contributed by atoms with Gasteiger partial charge in [-0.1, -0.05) is 18.2 Å².